The number of fused-ring (bicyclic) bond motifs is 1. The highest BCUT2D eigenvalue weighted by atomic mass is 16.4. The van der Waals surface area contributed by atoms with Crippen LogP contribution in [0.2, 0.25) is 0 Å². The molecule has 1 aliphatic rings. The molecule has 1 fully saturated rings. The van der Waals surface area contributed by atoms with Crippen LogP contribution < -0.4 is 5.32 Å². The minimum Gasteiger partial charge on any atom is -0.465 e. The van der Waals surface area contributed by atoms with Crippen LogP contribution in [-0.2, 0) is 0 Å². The highest BCUT2D eigenvalue weighted by Crippen LogP contribution is 2.24. The van der Waals surface area contributed by atoms with Gasteiger partial charge in [-0.1, -0.05) is 6.07 Å². The number of hydrogen-bond donors (Lipinski definition) is 2. The Kier molecular flexibility index (Phi) is 2.95. The first-order valence-corrected chi connectivity index (χ1v) is 6.32. The molecule has 0 bridgehead atoms. The molecule has 2 N–H and O–H groups in total. The van der Waals surface area contributed by atoms with E-state index in [1.807, 2.05) is 30.3 Å². The van der Waals surface area contributed by atoms with Gasteiger partial charge in [0.05, 0.1) is 5.52 Å². The molecule has 5 heteroatoms. The Morgan fingerprint density at radius 2 is 2.26 bits per heavy atom. The van der Waals surface area contributed by atoms with Gasteiger partial charge in [-0.25, -0.2) is 4.79 Å². The SMILES string of the molecule is O=C(O)N1CC[C@H](Nc2cccc3ncccc23)C1. The number of likely N-dealkylation sites (tertiary alicyclic amines) is 1. The fourth-order valence-electron chi connectivity index (χ4n) is 2.50. The molecule has 0 radical (unpaired) electrons. The highest BCUT2D eigenvalue weighted by Gasteiger charge is 2.25. The summed E-state index contributed by atoms with van der Waals surface area (Å²) in [5, 5.41) is 13.4. The first-order valence-electron chi connectivity index (χ1n) is 6.32. The van der Waals surface area contributed by atoms with Gasteiger partial charge in [-0.3, -0.25) is 4.98 Å². The van der Waals surface area contributed by atoms with E-state index in [1.54, 1.807) is 6.20 Å². The van der Waals surface area contributed by atoms with Gasteiger partial charge in [0, 0.05) is 36.4 Å². The topological polar surface area (TPSA) is 65.5 Å². The number of amides is 1. The Labute approximate surface area is 110 Å². The lowest BCUT2D eigenvalue weighted by atomic mass is 10.1. The number of benzene rings is 1. The predicted octanol–water partition coefficient (Wildman–Crippen LogP) is 2.40. The number of aromatic nitrogens is 1. The van der Waals surface area contributed by atoms with Gasteiger partial charge in [0.1, 0.15) is 0 Å². The maximum atomic E-state index is 10.9. The zero-order chi connectivity index (χ0) is 13.2. The van der Waals surface area contributed by atoms with E-state index in [9.17, 15) is 4.79 Å². The van der Waals surface area contributed by atoms with Crippen molar-refractivity contribution < 1.29 is 9.90 Å². The first-order chi connectivity index (χ1) is 9.24. The summed E-state index contributed by atoms with van der Waals surface area (Å²) in [5.74, 6) is 0. The smallest absolute Gasteiger partial charge is 0.407 e. The summed E-state index contributed by atoms with van der Waals surface area (Å²) in [6.45, 7) is 1.13. The van der Waals surface area contributed by atoms with Gasteiger partial charge in [-0.2, -0.15) is 0 Å². The molecule has 0 saturated carbocycles. The van der Waals surface area contributed by atoms with Crippen molar-refractivity contribution in [2.45, 2.75) is 12.5 Å². The van der Waals surface area contributed by atoms with Crippen molar-refractivity contribution in [3.63, 3.8) is 0 Å². The molecular weight excluding hydrogens is 242 g/mol. The van der Waals surface area contributed by atoms with Gasteiger partial charge in [0.2, 0.25) is 0 Å². The predicted molar refractivity (Wildman–Crippen MR) is 73.4 cm³/mol. The fraction of sp³-hybridized carbons (Fsp3) is 0.286. The number of nitrogens with zero attached hydrogens (tertiary/aromatic N) is 2. The van der Waals surface area contributed by atoms with Crippen molar-refractivity contribution in [2.24, 2.45) is 0 Å². The van der Waals surface area contributed by atoms with Crippen LogP contribution in [0.4, 0.5) is 10.5 Å². The zero-order valence-electron chi connectivity index (χ0n) is 10.4. The first kappa shape index (κ1) is 11.8. The third kappa shape index (κ3) is 2.31. The van der Waals surface area contributed by atoms with Crippen LogP contribution in [0.1, 0.15) is 6.42 Å². The third-order valence-electron chi connectivity index (χ3n) is 3.46. The van der Waals surface area contributed by atoms with Gasteiger partial charge in [-0.15, -0.1) is 0 Å². The maximum Gasteiger partial charge on any atom is 0.407 e. The zero-order valence-corrected chi connectivity index (χ0v) is 10.4. The van der Waals surface area contributed by atoms with Crippen LogP contribution in [-0.4, -0.2) is 40.2 Å². The minimum absolute atomic E-state index is 0.168. The summed E-state index contributed by atoms with van der Waals surface area (Å²) in [5.41, 5.74) is 1.96. The second-order valence-corrected chi connectivity index (χ2v) is 4.73. The summed E-state index contributed by atoms with van der Waals surface area (Å²) in [6.07, 6.45) is 1.76. The summed E-state index contributed by atoms with van der Waals surface area (Å²) in [4.78, 5) is 16.7. The standard InChI is InChI=1S/C14H15N3O2/c18-14(19)17-8-6-10(9-17)16-13-5-1-4-12-11(13)3-2-7-15-12/h1-5,7,10,16H,6,8-9H2,(H,18,19)/t10-/m0/s1. The van der Waals surface area contributed by atoms with Crippen LogP contribution in [0, 0.1) is 0 Å². The molecule has 98 valence electrons. The molecular formula is C14H15N3O2. The fourth-order valence-corrected chi connectivity index (χ4v) is 2.50. The highest BCUT2D eigenvalue weighted by molar-refractivity contribution is 5.91. The molecule has 2 aromatic rings. The molecule has 1 amide bonds. The molecule has 1 atom stereocenters. The summed E-state index contributed by atoms with van der Waals surface area (Å²) >= 11 is 0. The number of carbonyl (C=O) groups is 1. The molecule has 3 rings (SSSR count). The second-order valence-electron chi connectivity index (χ2n) is 4.73. The van der Waals surface area contributed by atoms with Gasteiger partial charge in [-0.05, 0) is 30.7 Å². The second kappa shape index (κ2) is 4.76. The van der Waals surface area contributed by atoms with E-state index >= 15 is 0 Å². The monoisotopic (exact) mass is 257 g/mol. The van der Waals surface area contributed by atoms with Gasteiger partial charge >= 0.3 is 6.09 Å². The normalized spacial score (nSPS) is 18.7. The summed E-state index contributed by atoms with van der Waals surface area (Å²) < 4.78 is 0. The van der Waals surface area contributed by atoms with E-state index in [1.165, 1.54) is 4.90 Å². The number of hydrogen-bond acceptors (Lipinski definition) is 3. The van der Waals surface area contributed by atoms with Gasteiger partial charge < -0.3 is 15.3 Å². The molecule has 2 heterocycles. The quantitative estimate of drug-likeness (QED) is 0.867. The average Bonchev–Trinajstić information content (AvgIpc) is 2.88. The number of anilines is 1. The largest absolute Gasteiger partial charge is 0.465 e. The summed E-state index contributed by atoms with van der Waals surface area (Å²) in [6, 6.07) is 10.0. The lowest BCUT2D eigenvalue weighted by Gasteiger charge is -2.16. The molecule has 0 unspecified atom stereocenters. The Morgan fingerprint density at radius 1 is 1.37 bits per heavy atom. The Balaban J connectivity index is 1.81. The van der Waals surface area contributed by atoms with E-state index < -0.39 is 6.09 Å². The van der Waals surface area contributed by atoms with Crippen molar-refractivity contribution in [2.75, 3.05) is 18.4 Å². The van der Waals surface area contributed by atoms with E-state index in [0.717, 1.165) is 23.0 Å². The average molecular weight is 257 g/mol. The van der Waals surface area contributed by atoms with Crippen LogP contribution in [0.15, 0.2) is 36.5 Å². The van der Waals surface area contributed by atoms with E-state index in [0.29, 0.717) is 13.1 Å². The van der Waals surface area contributed by atoms with Crippen molar-refractivity contribution in [3.8, 4) is 0 Å². The van der Waals surface area contributed by atoms with Crippen LogP contribution in [0.25, 0.3) is 10.9 Å². The Morgan fingerprint density at radius 3 is 3.05 bits per heavy atom. The van der Waals surface area contributed by atoms with Crippen molar-refractivity contribution in [1.29, 1.82) is 0 Å². The van der Waals surface area contributed by atoms with Crippen LogP contribution >= 0.6 is 0 Å². The molecule has 1 aromatic carbocycles. The molecule has 5 nitrogen and oxygen atoms in total. The Bertz CT molecular complexity index is 609. The maximum absolute atomic E-state index is 10.9. The van der Waals surface area contributed by atoms with Gasteiger partial charge in [0.25, 0.3) is 0 Å². The molecule has 1 saturated heterocycles. The van der Waals surface area contributed by atoms with Crippen LogP contribution in [0.3, 0.4) is 0 Å². The van der Waals surface area contributed by atoms with Gasteiger partial charge in [0.15, 0.2) is 0 Å². The van der Waals surface area contributed by atoms with E-state index in [-0.39, 0.29) is 6.04 Å². The van der Waals surface area contributed by atoms with E-state index in [4.69, 9.17) is 5.11 Å². The number of pyridine rings is 1. The summed E-state index contributed by atoms with van der Waals surface area (Å²) in [7, 11) is 0. The lowest BCUT2D eigenvalue weighted by molar-refractivity contribution is 0.155. The minimum atomic E-state index is -0.844. The third-order valence-corrected chi connectivity index (χ3v) is 3.46. The molecule has 1 aromatic heterocycles. The molecule has 0 spiro atoms. The molecule has 19 heavy (non-hydrogen) atoms. The Hall–Kier alpha value is -2.30. The number of nitrogens with one attached hydrogen (secondary N) is 1. The lowest BCUT2D eigenvalue weighted by Crippen LogP contribution is -2.30. The molecule has 0 aliphatic carbocycles. The van der Waals surface area contributed by atoms with E-state index in [2.05, 4.69) is 10.3 Å². The van der Waals surface area contributed by atoms with Crippen molar-refractivity contribution >= 4 is 22.7 Å². The number of rotatable bonds is 2. The number of carboxylic acid groups (broad SMARTS) is 1. The van der Waals surface area contributed by atoms with Crippen molar-refractivity contribution in [1.82, 2.24) is 9.88 Å². The van der Waals surface area contributed by atoms with Crippen molar-refractivity contribution in [3.05, 3.63) is 36.5 Å². The van der Waals surface area contributed by atoms with Crippen LogP contribution in [0.5, 0.6) is 0 Å². The molecule has 1 aliphatic heterocycles.